The zero-order valence-electron chi connectivity index (χ0n) is 25.1. The van der Waals surface area contributed by atoms with Gasteiger partial charge in [-0.3, -0.25) is 4.99 Å². The van der Waals surface area contributed by atoms with Gasteiger partial charge in [-0.05, 0) is 77.6 Å². The van der Waals surface area contributed by atoms with Crippen LogP contribution in [0.1, 0.15) is 35.5 Å². The molecule has 1 N–H and O–H groups in total. The van der Waals surface area contributed by atoms with E-state index in [1.54, 1.807) is 0 Å². The Morgan fingerprint density at radius 1 is 0.667 bits per heavy atom. The van der Waals surface area contributed by atoms with Gasteiger partial charge in [-0.25, -0.2) is 0 Å². The molecule has 216 valence electrons. The first-order chi connectivity index (χ1) is 22.2. The number of hydrogen-bond acceptors (Lipinski definition) is 2. The molecule has 4 nitrogen and oxygen atoms in total. The molecule has 2 atom stereocenters. The van der Waals surface area contributed by atoms with E-state index >= 15 is 0 Å². The third-order valence-corrected chi connectivity index (χ3v) is 9.34. The first-order valence-corrected chi connectivity index (χ1v) is 15.7. The fourth-order valence-electron chi connectivity index (χ4n) is 7.21. The topological polar surface area (TPSA) is 34.2 Å². The monoisotopic (exact) mass is 580 g/mol. The summed E-state index contributed by atoms with van der Waals surface area (Å²) in [4.78, 5) is 4.85. The maximum Gasteiger partial charge on any atom is 0.144 e. The zero-order chi connectivity index (χ0) is 29.9. The summed E-state index contributed by atoms with van der Waals surface area (Å²) in [6.07, 6.45) is 9.74. The lowest BCUT2D eigenvalue weighted by molar-refractivity contribution is 0.655. The average Bonchev–Trinajstić information content (AvgIpc) is 3.59. The molecule has 0 amide bonds. The van der Waals surface area contributed by atoms with Gasteiger partial charge in [0.05, 0.1) is 16.6 Å². The lowest BCUT2D eigenvalue weighted by Crippen LogP contribution is -2.18. The van der Waals surface area contributed by atoms with Crippen LogP contribution in [0.3, 0.4) is 0 Å². The lowest BCUT2D eigenvalue weighted by atomic mass is 9.93. The maximum absolute atomic E-state index is 4.85. The first kappa shape index (κ1) is 25.8. The Labute approximate surface area is 262 Å². The Balaban J connectivity index is 1.24. The van der Waals surface area contributed by atoms with Crippen molar-refractivity contribution in [3.8, 4) is 11.4 Å². The van der Waals surface area contributed by atoms with E-state index in [1.165, 1.54) is 49.7 Å². The second kappa shape index (κ2) is 10.2. The van der Waals surface area contributed by atoms with Crippen LogP contribution in [0.5, 0.6) is 0 Å². The zero-order valence-corrected chi connectivity index (χ0v) is 25.1. The molecule has 0 bridgehead atoms. The summed E-state index contributed by atoms with van der Waals surface area (Å²) in [5.74, 6) is 0.497. The molecular weight excluding hydrogens is 548 g/mol. The SMILES string of the molecule is CC1C=Cc2c(c3cc4c5ccccc5n(-c5ccccc5)c4cc3n2-c2cccc(C3=CNC(c4ccccc4)N=C3)c2)C1. The van der Waals surface area contributed by atoms with E-state index in [1.807, 2.05) is 12.3 Å². The van der Waals surface area contributed by atoms with Gasteiger partial charge in [0, 0.05) is 51.2 Å². The van der Waals surface area contributed by atoms with Gasteiger partial charge in [0.1, 0.15) is 6.17 Å². The molecule has 7 aromatic rings. The molecular formula is C41H32N4. The molecule has 0 saturated heterocycles. The Morgan fingerprint density at radius 2 is 1.42 bits per heavy atom. The molecule has 2 aliphatic rings. The number of aromatic nitrogens is 2. The van der Waals surface area contributed by atoms with Crippen LogP contribution in [-0.4, -0.2) is 15.3 Å². The van der Waals surface area contributed by atoms with Crippen molar-refractivity contribution < 1.29 is 0 Å². The Kier molecular flexibility index (Phi) is 5.88. The second-order valence-electron chi connectivity index (χ2n) is 12.2. The standard InChI is InChI=1S/C41H32N4/c1-27-19-20-38-34(21-27)36-23-35-33-17-8-9-18-37(33)44(31-14-6-3-7-15-31)39(35)24-40(36)45(38)32-16-10-13-29(22-32)30-25-42-41(43-26-30)28-11-4-2-5-12-28/h2-20,22-27,41-42H,21H2,1H3. The normalized spacial score (nSPS) is 17.5. The van der Waals surface area contributed by atoms with Crippen LogP contribution in [-0.2, 0) is 6.42 Å². The van der Waals surface area contributed by atoms with Gasteiger partial charge in [0.15, 0.2) is 0 Å². The van der Waals surface area contributed by atoms with Gasteiger partial charge in [0.2, 0.25) is 0 Å². The number of nitrogens with one attached hydrogen (secondary N) is 1. The number of para-hydroxylation sites is 2. The lowest BCUT2D eigenvalue weighted by Gasteiger charge is -2.19. The molecule has 0 radical (unpaired) electrons. The predicted octanol–water partition coefficient (Wildman–Crippen LogP) is 9.65. The second-order valence-corrected chi connectivity index (χ2v) is 12.2. The number of fused-ring (bicyclic) bond motifs is 6. The van der Waals surface area contributed by atoms with Crippen molar-refractivity contribution in [1.29, 1.82) is 0 Å². The molecule has 2 unspecified atom stereocenters. The van der Waals surface area contributed by atoms with Crippen LogP contribution >= 0.6 is 0 Å². The van der Waals surface area contributed by atoms with E-state index in [-0.39, 0.29) is 6.17 Å². The minimum Gasteiger partial charge on any atom is -0.366 e. The summed E-state index contributed by atoms with van der Waals surface area (Å²) in [6.45, 7) is 2.31. The molecule has 1 aliphatic heterocycles. The van der Waals surface area contributed by atoms with Crippen LogP contribution in [0.25, 0.3) is 55.7 Å². The van der Waals surface area contributed by atoms with Crippen molar-refractivity contribution >= 4 is 50.6 Å². The Bertz CT molecular complexity index is 2330. The largest absolute Gasteiger partial charge is 0.366 e. The Morgan fingerprint density at radius 3 is 2.24 bits per heavy atom. The van der Waals surface area contributed by atoms with E-state index in [2.05, 4.69) is 155 Å². The molecule has 4 heteroatoms. The van der Waals surface area contributed by atoms with E-state index in [9.17, 15) is 0 Å². The summed E-state index contributed by atoms with van der Waals surface area (Å²) in [5.41, 5.74) is 12.1. The average molecular weight is 581 g/mol. The van der Waals surface area contributed by atoms with Crippen molar-refractivity contribution in [1.82, 2.24) is 14.5 Å². The number of benzene rings is 5. The quantitative estimate of drug-likeness (QED) is 0.221. The van der Waals surface area contributed by atoms with E-state index in [4.69, 9.17) is 4.99 Å². The van der Waals surface area contributed by atoms with Crippen LogP contribution in [0.2, 0.25) is 0 Å². The summed E-state index contributed by atoms with van der Waals surface area (Å²) in [7, 11) is 0. The highest BCUT2D eigenvalue weighted by Gasteiger charge is 2.24. The van der Waals surface area contributed by atoms with E-state index in [0.29, 0.717) is 5.92 Å². The summed E-state index contributed by atoms with van der Waals surface area (Å²) in [5, 5.41) is 7.41. The fraction of sp³-hybridized carbons (Fsp3) is 0.0976. The summed E-state index contributed by atoms with van der Waals surface area (Å²) in [6, 6.07) is 43.6. The number of hydrogen-bond donors (Lipinski definition) is 1. The number of allylic oxidation sites excluding steroid dienone is 2. The molecule has 2 aromatic heterocycles. The number of aliphatic imine (C=N–C) groups is 1. The third-order valence-electron chi connectivity index (χ3n) is 9.34. The predicted molar refractivity (Wildman–Crippen MR) is 188 cm³/mol. The minimum absolute atomic E-state index is 0.0653. The number of nitrogens with zero attached hydrogens (tertiary/aromatic N) is 3. The van der Waals surface area contributed by atoms with Gasteiger partial charge in [-0.15, -0.1) is 0 Å². The smallest absolute Gasteiger partial charge is 0.144 e. The minimum atomic E-state index is -0.0653. The highest BCUT2D eigenvalue weighted by atomic mass is 15.1. The van der Waals surface area contributed by atoms with Gasteiger partial charge >= 0.3 is 0 Å². The Hall–Kier alpha value is -5.61. The van der Waals surface area contributed by atoms with Gasteiger partial charge in [0.25, 0.3) is 0 Å². The van der Waals surface area contributed by atoms with Crippen LogP contribution in [0.4, 0.5) is 0 Å². The number of rotatable bonds is 4. The molecule has 1 aliphatic carbocycles. The molecule has 0 fully saturated rings. The molecule has 0 spiro atoms. The van der Waals surface area contributed by atoms with Gasteiger partial charge in [-0.2, -0.15) is 0 Å². The van der Waals surface area contributed by atoms with Crippen LogP contribution in [0, 0.1) is 5.92 Å². The highest BCUT2D eigenvalue weighted by molar-refractivity contribution is 6.14. The van der Waals surface area contributed by atoms with Gasteiger partial charge in [-0.1, -0.05) is 91.9 Å². The molecule has 3 heterocycles. The summed E-state index contributed by atoms with van der Waals surface area (Å²) < 4.78 is 4.87. The molecule has 9 rings (SSSR count). The van der Waals surface area contributed by atoms with E-state index in [0.717, 1.165) is 28.8 Å². The van der Waals surface area contributed by atoms with Crippen molar-refractivity contribution in [2.75, 3.05) is 0 Å². The van der Waals surface area contributed by atoms with Crippen molar-refractivity contribution in [2.24, 2.45) is 10.9 Å². The van der Waals surface area contributed by atoms with Gasteiger partial charge < -0.3 is 14.5 Å². The maximum atomic E-state index is 4.85. The van der Waals surface area contributed by atoms with E-state index < -0.39 is 0 Å². The molecule has 0 saturated carbocycles. The highest BCUT2D eigenvalue weighted by Crippen LogP contribution is 2.41. The van der Waals surface area contributed by atoms with Crippen molar-refractivity contribution in [2.45, 2.75) is 19.5 Å². The van der Waals surface area contributed by atoms with Crippen molar-refractivity contribution in [3.05, 3.63) is 156 Å². The van der Waals surface area contributed by atoms with Crippen LogP contribution in [0.15, 0.2) is 139 Å². The molecule has 45 heavy (non-hydrogen) atoms. The third kappa shape index (κ3) is 4.17. The van der Waals surface area contributed by atoms with Crippen molar-refractivity contribution in [3.63, 3.8) is 0 Å². The summed E-state index contributed by atoms with van der Waals surface area (Å²) >= 11 is 0. The van der Waals surface area contributed by atoms with Crippen LogP contribution < -0.4 is 5.32 Å². The molecule has 5 aromatic carbocycles. The fourth-order valence-corrected chi connectivity index (χ4v) is 7.21. The first-order valence-electron chi connectivity index (χ1n) is 15.7.